The van der Waals surface area contributed by atoms with Crippen molar-refractivity contribution in [2.75, 3.05) is 12.8 Å². The molecule has 1 atom stereocenters. The van der Waals surface area contributed by atoms with Crippen molar-refractivity contribution in [1.82, 2.24) is 10.0 Å². The summed E-state index contributed by atoms with van der Waals surface area (Å²) in [4.78, 5) is 11.7. The van der Waals surface area contributed by atoms with Crippen molar-refractivity contribution in [3.8, 4) is 5.75 Å². The Labute approximate surface area is 124 Å². The molecule has 21 heavy (non-hydrogen) atoms. The molecule has 0 aromatic heterocycles. The van der Waals surface area contributed by atoms with E-state index in [1.165, 1.54) is 32.2 Å². The molecule has 0 heterocycles. The van der Waals surface area contributed by atoms with Gasteiger partial charge >= 0.3 is 0 Å². The summed E-state index contributed by atoms with van der Waals surface area (Å²) in [5.74, 6) is 0.0534. The van der Waals surface area contributed by atoms with Crippen LogP contribution in [0.4, 0.5) is 5.69 Å². The van der Waals surface area contributed by atoms with Gasteiger partial charge in [-0.25, -0.2) is 8.42 Å². The predicted octanol–water partition coefficient (Wildman–Crippen LogP) is 0.469. The lowest BCUT2D eigenvalue weighted by molar-refractivity contribution is -0.122. The molecule has 0 saturated heterocycles. The van der Waals surface area contributed by atoms with Crippen molar-refractivity contribution in [3.63, 3.8) is 0 Å². The summed E-state index contributed by atoms with van der Waals surface area (Å²) in [5, 5.41) is 2.63. The fraction of sp³-hybridized carbons (Fsp3) is 0.462. The highest BCUT2D eigenvalue weighted by Crippen LogP contribution is 2.23. The zero-order valence-corrected chi connectivity index (χ0v) is 13.3. The Morgan fingerprint density at radius 3 is 2.38 bits per heavy atom. The van der Waals surface area contributed by atoms with Gasteiger partial charge in [-0.2, -0.15) is 4.72 Å². The summed E-state index contributed by atoms with van der Waals surface area (Å²) in [6, 6.07) is 3.26. The molecule has 1 aromatic carbocycles. The van der Waals surface area contributed by atoms with Crippen LogP contribution in [0.5, 0.6) is 5.75 Å². The van der Waals surface area contributed by atoms with Crippen LogP contribution >= 0.6 is 0 Å². The highest BCUT2D eigenvalue weighted by molar-refractivity contribution is 7.89. The Hall–Kier alpha value is -1.80. The maximum absolute atomic E-state index is 12.2. The number of hydrogen-bond acceptors (Lipinski definition) is 5. The van der Waals surface area contributed by atoms with Gasteiger partial charge in [0, 0.05) is 12.1 Å². The number of rotatable bonds is 6. The highest BCUT2D eigenvalue weighted by atomic mass is 32.2. The third-order valence-corrected chi connectivity index (χ3v) is 4.28. The molecule has 1 amide bonds. The molecule has 1 aromatic rings. The van der Waals surface area contributed by atoms with Gasteiger partial charge in [-0.15, -0.1) is 0 Å². The van der Waals surface area contributed by atoms with Crippen molar-refractivity contribution >= 4 is 21.6 Å². The van der Waals surface area contributed by atoms with Crippen LogP contribution in [0.25, 0.3) is 0 Å². The minimum Gasteiger partial charge on any atom is -0.497 e. The maximum Gasteiger partial charge on any atom is 0.243 e. The van der Waals surface area contributed by atoms with Crippen molar-refractivity contribution in [1.29, 1.82) is 0 Å². The number of sulfonamides is 1. The highest BCUT2D eigenvalue weighted by Gasteiger charge is 2.24. The number of hydrogen-bond donors (Lipinski definition) is 3. The summed E-state index contributed by atoms with van der Waals surface area (Å²) in [6.07, 6.45) is 0. The minimum absolute atomic E-state index is 0.0540. The number of benzene rings is 1. The topological polar surface area (TPSA) is 111 Å². The third kappa shape index (κ3) is 4.61. The van der Waals surface area contributed by atoms with Gasteiger partial charge in [-0.3, -0.25) is 4.79 Å². The van der Waals surface area contributed by atoms with Gasteiger partial charge < -0.3 is 15.8 Å². The summed E-state index contributed by atoms with van der Waals surface area (Å²) in [5.41, 5.74) is 5.77. The van der Waals surface area contributed by atoms with Gasteiger partial charge in [0.05, 0.1) is 18.8 Å². The molecule has 0 aliphatic heterocycles. The van der Waals surface area contributed by atoms with E-state index in [4.69, 9.17) is 10.5 Å². The van der Waals surface area contributed by atoms with E-state index in [9.17, 15) is 13.2 Å². The van der Waals surface area contributed by atoms with E-state index in [0.29, 0.717) is 5.75 Å². The van der Waals surface area contributed by atoms with Crippen molar-refractivity contribution in [2.24, 2.45) is 0 Å². The fourth-order valence-corrected chi connectivity index (χ4v) is 2.97. The average molecular weight is 315 g/mol. The molecule has 4 N–H and O–H groups in total. The summed E-state index contributed by atoms with van der Waals surface area (Å²) >= 11 is 0. The number of anilines is 1. The maximum atomic E-state index is 12.2. The zero-order valence-electron chi connectivity index (χ0n) is 12.5. The molecule has 8 heteroatoms. The molecule has 0 saturated carbocycles. The lowest BCUT2D eigenvalue weighted by atomic mass is 10.3. The Morgan fingerprint density at radius 1 is 1.29 bits per heavy atom. The number of nitrogen functional groups attached to an aromatic ring is 1. The first-order chi connectivity index (χ1) is 9.67. The van der Waals surface area contributed by atoms with Crippen molar-refractivity contribution in [3.05, 3.63) is 18.2 Å². The van der Waals surface area contributed by atoms with Gasteiger partial charge in [-0.1, -0.05) is 0 Å². The molecular weight excluding hydrogens is 294 g/mol. The molecule has 0 radical (unpaired) electrons. The number of ether oxygens (including phenoxy) is 1. The van der Waals surface area contributed by atoms with Gasteiger partial charge in [-0.05, 0) is 32.9 Å². The molecule has 0 bridgehead atoms. The second-order valence-corrected chi connectivity index (χ2v) is 6.59. The Balaban J connectivity index is 2.94. The molecule has 0 aliphatic carbocycles. The molecule has 0 aliphatic rings. The van der Waals surface area contributed by atoms with Crippen LogP contribution in [0.15, 0.2) is 23.1 Å². The second kappa shape index (κ2) is 6.77. The van der Waals surface area contributed by atoms with Crippen LogP contribution in [-0.2, 0) is 14.8 Å². The zero-order chi connectivity index (χ0) is 16.2. The van der Waals surface area contributed by atoms with Crippen LogP contribution in [0, 0.1) is 0 Å². The van der Waals surface area contributed by atoms with E-state index >= 15 is 0 Å². The van der Waals surface area contributed by atoms with Crippen molar-refractivity contribution in [2.45, 2.75) is 37.8 Å². The number of nitrogens with two attached hydrogens (primary N) is 1. The first-order valence-electron chi connectivity index (χ1n) is 6.43. The molecule has 7 nitrogen and oxygen atoms in total. The van der Waals surface area contributed by atoms with Crippen LogP contribution in [0.1, 0.15) is 20.8 Å². The van der Waals surface area contributed by atoms with E-state index < -0.39 is 22.0 Å². The largest absolute Gasteiger partial charge is 0.497 e. The lowest BCUT2D eigenvalue weighted by Gasteiger charge is -2.17. The van der Waals surface area contributed by atoms with Crippen LogP contribution < -0.4 is 20.5 Å². The Kier molecular flexibility index (Phi) is 5.56. The quantitative estimate of drug-likeness (QED) is 0.661. The predicted molar refractivity (Wildman–Crippen MR) is 80.5 cm³/mol. The number of nitrogens with one attached hydrogen (secondary N) is 2. The van der Waals surface area contributed by atoms with Crippen LogP contribution in [-0.4, -0.2) is 33.5 Å². The second-order valence-electron chi connectivity index (χ2n) is 4.91. The molecule has 1 unspecified atom stereocenters. The fourth-order valence-electron chi connectivity index (χ4n) is 1.66. The summed E-state index contributed by atoms with van der Waals surface area (Å²) in [7, 11) is -2.43. The van der Waals surface area contributed by atoms with E-state index in [-0.39, 0.29) is 16.6 Å². The SMILES string of the molecule is COc1ccc(S(=O)(=O)NC(C)C(=O)NC(C)C)c(N)c1. The molecular formula is C13H21N3O4S. The molecule has 0 spiro atoms. The smallest absolute Gasteiger partial charge is 0.243 e. The van der Waals surface area contributed by atoms with Gasteiger partial charge in [0.15, 0.2) is 0 Å². The number of amides is 1. The van der Waals surface area contributed by atoms with Crippen LogP contribution in [0.2, 0.25) is 0 Å². The lowest BCUT2D eigenvalue weighted by Crippen LogP contribution is -2.46. The number of methoxy groups -OCH3 is 1. The molecule has 1 rings (SSSR count). The van der Waals surface area contributed by atoms with Gasteiger partial charge in [0.25, 0.3) is 0 Å². The van der Waals surface area contributed by atoms with E-state index in [0.717, 1.165) is 0 Å². The van der Waals surface area contributed by atoms with Crippen LogP contribution in [0.3, 0.4) is 0 Å². The monoisotopic (exact) mass is 315 g/mol. The molecule has 118 valence electrons. The normalized spacial score (nSPS) is 13.0. The van der Waals surface area contributed by atoms with Gasteiger partial charge in [0.1, 0.15) is 10.6 Å². The van der Waals surface area contributed by atoms with Crippen molar-refractivity contribution < 1.29 is 17.9 Å². The van der Waals surface area contributed by atoms with E-state index in [1.807, 2.05) is 0 Å². The summed E-state index contributed by atoms with van der Waals surface area (Å²) < 4.78 is 31.7. The van der Waals surface area contributed by atoms with Gasteiger partial charge in [0.2, 0.25) is 15.9 Å². The van der Waals surface area contributed by atoms with E-state index in [1.54, 1.807) is 13.8 Å². The summed E-state index contributed by atoms with van der Waals surface area (Å²) in [6.45, 7) is 5.05. The third-order valence-electron chi connectivity index (χ3n) is 2.66. The Bertz CT molecular complexity index is 614. The first-order valence-corrected chi connectivity index (χ1v) is 7.92. The molecule has 0 fully saturated rings. The number of carbonyl (C=O) groups is 1. The van der Waals surface area contributed by atoms with E-state index in [2.05, 4.69) is 10.0 Å². The standard InChI is InChI=1S/C13H21N3O4S/c1-8(2)15-13(17)9(3)16-21(18,19)12-6-5-10(20-4)7-11(12)14/h5-9,16H,14H2,1-4H3,(H,15,17). The number of carbonyl (C=O) groups excluding carboxylic acids is 1. The minimum atomic E-state index is -3.89. The Morgan fingerprint density at radius 2 is 1.90 bits per heavy atom. The first kappa shape index (κ1) is 17.3. The average Bonchev–Trinajstić information content (AvgIpc) is 2.36.